The van der Waals surface area contributed by atoms with E-state index in [2.05, 4.69) is 21.2 Å². The van der Waals surface area contributed by atoms with Crippen molar-refractivity contribution < 1.29 is 4.39 Å². The molecule has 2 rings (SSSR count). The molecule has 0 aliphatic rings. The predicted molar refractivity (Wildman–Crippen MR) is 73.3 cm³/mol. The van der Waals surface area contributed by atoms with E-state index in [0.29, 0.717) is 5.69 Å². The third-order valence-electron chi connectivity index (χ3n) is 2.49. The Morgan fingerprint density at radius 1 is 1.17 bits per heavy atom. The van der Waals surface area contributed by atoms with Crippen LogP contribution >= 0.6 is 15.9 Å². The van der Waals surface area contributed by atoms with Crippen LogP contribution in [0.3, 0.4) is 0 Å². The van der Waals surface area contributed by atoms with Crippen LogP contribution in [0.15, 0.2) is 40.9 Å². The van der Waals surface area contributed by atoms with E-state index in [1.165, 1.54) is 12.1 Å². The monoisotopic (exact) mass is 304 g/mol. The number of halogens is 2. The standard InChI is InChI=1S/C14H10BrFN2/c1-9-2-4-12(15)14(6-9)18-13-5-3-11(16)7-10(13)8-17/h2-7,18H,1H3. The highest BCUT2D eigenvalue weighted by Gasteiger charge is 2.06. The van der Waals surface area contributed by atoms with Gasteiger partial charge in [0.1, 0.15) is 11.9 Å². The molecule has 0 amide bonds. The molecular formula is C14H10BrFN2. The minimum atomic E-state index is -0.416. The lowest BCUT2D eigenvalue weighted by molar-refractivity contribution is 0.627. The molecule has 1 N–H and O–H groups in total. The van der Waals surface area contributed by atoms with Crippen molar-refractivity contribution in [1.82, 2.24) is 0 Å². The summed E-state index contributed by atoms with van der Waals surface area (Å²) < 4.78 is 13.9. The average molecular weight is 305 g/mol. The molecule has 4 heteroatoms. The molecule has 0 atom stereocenters. The highest BCUT2D eigenvalue weighted by Crippen LogP contribution is 2.28. The number of aryl methyl sites for hydroxylation is 1. The molecule has 2 nitrogen and oxygen atoms in total. The minimum Gasteiger partial charge on any atom is -0.354 e. The van der Waals surface area contributed by atoms with Crippen LogP contribution < -0.4 is 5.32 Å². The maximum Gasteiger partial charge on any atom is 0.124 e. The Balaban J connectivity index is 2.40. The number of anilines is 2. The lowest BCUT2D eigenvalue weighted by Gasteiger charge is -2.11. The van der Waals surface area contributed by atoms with Gasteiger partial charge in [-0.2, -0.15) is 5.26 Å². The number of rotatable bonds is 2. The van der Waals surface area contributed by atoms with E-state index < -0.39 is 5.82 Å². The molecule has 18 heavy (non-hydrogen) atoms. The molecule has 0 saturated carbocycles. The fraction of sp³-hybridized carbons (Fsp3) is 0.0714. The Kier molecular flexibility index (Phi) is 3.63. The molecule has 0 spiro atoms. The summed E-state index contributed by atoms with van der Waals surface area (Å²) in [6.45, 7) is 1.98. The smallest absolute Gasteiger partial charge is 0.124 e. The number of nitrogens with zero attached hydrogens (tertiary/aromatic N) is 1. The van der Waals surface area contributed by atoms with Crippen molar-refractivity contribution in [2.45, 2.75) is 6.92 Å². The average Bonchev–Trinajstić information content (AvgIpc) is 2.36. The van der Waals surface area contributed by atoms with E-state index >= 15 is 0 Å². The van der Waals surface area contributed by atoms with Gasteiger partial charge < -0.3 is 5.32 Å². The molecule has 0 aliphatic heterocycles. The molecule has 0 saturated heterocycles. The van der Waals surface area contributed by atoms with Crippen molar-refractivity contribution in [2.75, 3.05) is 5.32 Å². The second-order valence-corrected chi connectivity index (χ2v) is 4.76. The van der Waals surface area contributed by atoms with Gasteiger partial charge in [0.05, 0.1) is 16.9 Å². The molecule has 90 valence electrons. The number of hydrogen-bond acceptors (Lipinski definition) is 2. The second-order valence-electron chi connectivity index (χ2n) is 3.91. The summed E-state index contributed by atoms with van der Waals surface area (Å²) in [6.07, 6.45) is 0. The first-order chi connectivity index (χ1) is 8.60. The van der Waals surface area contributed by atoms with Crippen molar-refractivity contribution in [1.29, 1.82) is 5.26 Å². The van der Waals surface area contributed by atoms with Crippen molar-refractivity contribution in [3.63, 3.8) is 0 Å². The van der Waals surface area contributed by atoms with Crippen LogP contribution in [0.25, 0.3) is 0 Å². The Labute approximate surface area is 113 Å². The summed E-state index contributed by atoms with van der Waals surface area (Å²) in [5.74, 6) is -0.416. The summed E-state index contributed by atoms with van der Waals surface area (Å²) >= 11 is 3.43. The molecule has 0 unspecified atom stereocenters. The zero-order valence-corrected chi connectivity index (χ0v) is 11.3. The Morgan fingerprint density at radius 3 is 2.67 bits per heavy atom. The maximum absolute atomic E-state index is 13.0. The number of hydrogen-bond donors (Lipinski definition) is 1. The summed E-state index contributed by atoms with van der Waals surface area (Å²) in [6, 6.07) is 11.9. The summed E-state index contributed by atoms with van der Waals surface area (Å²) in [4.78, 5) is 0. The van der Waals surface area contributed by atoms with Gasteiger partial charge in [-0.25, -0.2) is 4.39 Å². The van der Waals surface area contributed by atoms with Gasteiger partial charge in [0.15, 0.2) is 0 Å². The first-order valence-electron chi connectivity index (χ1n) is 5.33. The van der Waals surface area contributed by atoms with E-state index in [-0.39, 0.29) is 5.56 Å². The van der Waals surface area contributed by atoms with Crippen LogP contribution in [0.5, 0.6) is 0 Å². The predicted octanol–water partition coefficient (Wildman–Crippen LogP) is 4.51. The molecule has 0 heterocycles. The van der Waals surface area contributed by atoms with Crippen molar-refractivity contribution >= 4 is 27.3 Å². The van der Waals surface area contributed by atoms with Gasteiger partial charge in [0, 0.05) is 4.47 Å². The van der Waals surface area contributed by atoms with Gasteiger partial charge in [-0.05, 0) is 58.7 Å². The summed E-state index contributed by atoms with van der Waals surface area (Å²) in [7, 11) is 0. The molecule has 0 aliphatic carbocycles. The highest BCUT2D eigenvalue weighted by molar-refractivity contribution is 9.10. The van der Waals surface area contributed by atoms with Crippen LogP contribution in [-0.4, -0.2) is 0 Å². The third kappa shape index (κ3) is 2.69. The van der Waals surface area contributed by atoms with Gasteiger partial charge in [-0.15, -0.1) is 0 Å². The second kappa shape index (κ2) is 5.19. The quantitative estimate of drug-likeness (QED) is 0.886. The van der Waals surface area contributed by atoms with Crippen LogP contribution in [0.1, 0.15) is 11.1 Å². The van der Waals surface area contributed by atoms with E-state index in [9.17, 15) is 4.39 Å². The molecule has 0 fully saturated rings. The van der Waals surface area contributed by atoms with Gasteiger partial charge in [-0.1, -0.05) is 6.07 Å². The van der Waals surface area contributed by atoms with E-state index in [4.69, 9.17) is 5.26 Å². The normalized spacial score (nSPS) is 9.89. The molecular weight excluding hydrogens is 295 g/mol. The van der Waals surface area contributed by atoms with Crippen molar-refractivity contribution in [3.8, 4) is 6.07 Å². The zero-order chi connectivity index (χ0) is 13.1. The largest absolute Gasteiger partial charge is 0.354 e. The van der Waals surface area contributed by atoms with Crippen molar-refractivity contribution in [3.05, 3.63) is 57.8 Å². The molecule has 2 aromatic rings. The van der Waals surface area contributed by atoms with Gasteiger partial charge in [0.2, 0.25) is 0 Å². The molecule has 0 radical (unpaired) electrons. The van der Waals surface area contributed by atoms with Crippen LogP contribution in [0.2, 0.25) is 0 Å². The van der Waals surface area contributed by atoms with E-state index in [1.54, 1.807) is 6.07 Å². The van der Waals surface area contributed by atoms with E-state index in [0.717, 1.165) is 15.7 Å². The Morgan fingerprint density at radius 2 is 1.94 bits per heavy atom. The third-order valence-corrected chi connectivity index (χ3v) is 3.18. The summed E-state index contributed by atoms with van der Waals surface area (Å²) in [5, 5.41) is 12.1. The molecule has 0 aromatic heterocycles. The summed E-state index contributed by atoms with van der Waals surface area (Å²) in [5.41, 5.74) is 2.81. The minimum absolute atomic E-state index is 0.281. The fourth-order valence-electron chi connectivity index (χ4n) is 1.60. The lowest BCUT2D eigenvalue weighted by Crippen LogP contribution is -1.95. The SMILES string of the molecule is Cc1ccc(Br)c(Nc2ccc(F)cc2C#N)c1. The zero-order valence-electron chi connectivity index (χ0n) is 9.67. The molecule has 2 aromatic carbocycles. The number of nitrogens with one attached hydrogen (secondary N) is 1. The van der Waals surface area contributed by atoms with Gasteiger partial charge in [0.25, 0.3) is 0 Å². The van der Waals surface area contributed by atoms with Crippen LogP contribution in [0.4, 0.5) is 15.8 Å². The van der Waals surface area contributed by atoms with Crippen LogP contribution in [-0.2, 0) is 0 Å². The van der Waals surface area contributed by atoms with E-state index in [1.807, 2.05) is 31.2 Å². The Bertz CT molecular complexity index is 632. The fourth-order valence-corrected chi connectivity index (χ4v) is 1.94. The first-order valence-corrected chi connectivity index (χ1v) is 6.12. The van der Waals surface area contributed by atoms with Gasteiger partial charge in [-0.3, -0.25) is 0 Å². The molecule has 0 bridgehead atoms. The Hall–Kier alpha value is -1.86. The topological polar surface area (TPSA) is 35.8 Å². The highest BCUT2D eigenvalue weighted by atomic mass is 79.9. The maximum atomic E-state index is 13.0. The lowest BCUT2D eigenvalue weighted by atomic mass is 10.1. The van der Waals surface area contributed by atoms with Crippen molar-refractivity contribution in [2.24, 2.45) is 0 Å². The number of benzene rings is 2. The van der Waals surface area contributed by atoms with Crippen LogP contribution in [0, 0.1) is 24.1 Å². The first kappa shape index (κ1) is 12.6. The number of nitriles is 1. The van der Waals surface area contributed by atoms with Gasteiger partial charge >= 0.3 is 0 Å².